The number of hydrogen-bond donors (Lipinski definition) is 3. The number of aliphatic hydroxyl groups is 2. The zero-order valence-corrected chi connectivity index (χ0v) is 32.4. The number of fused-ring (bicyclic) bond motifs is 3. The van der Waals surface area contributed by atoms with Gasteiger partial charge in [-0.25, -0.2) is 0 Å². The number of aromatic hydroxyl groups is 1. The molecule has 4 unspecified atom stereocenters. The average molecular weight is 765 g/mol. The highest BCUT2D eigenvalue weighted by Crippen LogP contribution is 2.67. The standard InChI is InChI=1S/C45H48O11/c1-23(2)36-38(50)34(25(4)46)40(52)45(55)41(53)37-39(51)35-31(48)20-18-28(33(35)24(3)43(37,5)42(54)44(36,45)6)29(30(47)19-17-26-13-9-7-10-14-26)21-32(49)56-22-27-15-11-8-12-16-27/h7-16,18,20,23-24,29,34,36-37,42,48,54-55H,17,19,21-22H2,1-6H3/t24-,29?,34?,36?,37?,42-,43+,44+,45+/m1/s1. The predicted octanol–water partition coefficient (Wildman–Crippen LogP) is 5.04. The molecule has 6 rings (SSSR count). The zero-order valence-electron chi connectivity index (χ0n) is 32.4. The molecule has 3 aliphatic carbocycles. The van der Waals surface area contributed by atoms with Crippen LogP contribution in [0.2, 0.25) is 0 Å². The second-order valence-electron chi connectivity index (χ2n) is 16.5. The van der Waals surface area contributed by atoms with Crippen molar-refractivity contribution in [1.29, 1.82) is 0 Å². The number of phenolic OH excluding ortho intramolecular Hbond substituents is 1. The molecule has 0 saturated heterocycles. The molecule has 0 amide bonds. The number of rotatable bonds is 11. The van der Waals surface area contributed by atoms with Crippen LogP contribution in [0.3, 0.4) is 0 Å². The Balaban J connectivity index is 1.50. The molecule has 2 fully saturated rings. The van der Waals surface area contributed by atoms with Crippen molar-refractivity contribution in [3.05, 3.63) is 101 Å². The summed E-state index contributed by atoms with van der Waals surface area (Å²) in [6.07, 6.45) is -1.97. The first-order valence-electron chi connectivity index (χ1n) is 19.0. The first kappa shape index (κ1) is 40.5. The summed E-state index contributed by atoms with van der Waals surface area (Å²) >= 11 is 0. The number of carbonyl (C=O) groups is 7. The third-order valence-electron chi connectivity index (χ3n) is 13.1. The topological polar surface area (TPSA) is 189 Å². The first-order valence-corrected chi connectivity index (χ1v) is 19.0. The van der Waals surface area contributed by atoms with Crippen LogP contribution in [0, 0.1) is 34.5 Å². The summed E-state index contributed by atoms with van der Waals surface area (Å²) in [5.74, 6) is -15.1. The normalized spacial score (nSPS) is 30.3. The van der Waals surface area contributed by atoms with Gasteiger partial charge in [0, 0.05) is 23.2 Å². The van der Waals surface area contributed by atoms with Gasteiger partial charge in [-0.1, -0.05) is 101 Å². The lowest BCUT2D eigenvalue weighted by Gasteiger charge is -2.65. The van der Waals surface area contributed by atoms with Crippen LogP contribution >= 0.6 is 0 Å². The molecule has 3 aromatic rings. The summed E-state index contributed by atoms with van der Waals surface area (Å²) in [6, 6.07) is 20.9. The molecule has 2 saturated carbocycles. The summed E-state index contributed by atoms with van der Waals surface area (Å²) in [7, 11) is 0. The van der Waals surface area contributed by atoms with Gasteiger partial charge in [-0.3, -0.25) is 33.6 Å². The fourth-order valence-electron chi connectivity index (χ4n) is 10.2. The molecule has 9 atom stereocenters. The second-order valence-corrected chi connectivity index (χ2v) is 16.5. The van der Waals surface area contributed by atoms with Gasteiger partial charge in [0.2, 0.25) is 0 Å². The average Bonchev–Trinajstić information content (AvgIpc) is 3.16. The van der Waals surface area contributed by atoms with Crippen molar-refractivity contribution in [3.8, 4) is 5.75 Å². The monoisotopic (exact) mass is 764 g/mol. The van der Waals surface area contributed by atoms with Gasteiger partial charge in [0.1, 0.15) is 29.8 Å². The van der Waals surface area contributed by atoms with Crippen molar-refractivity contribution in [3.63, 3.8) is 0 Å². The Morgan fingerprint density at radius 1 is 0.857 bits per heavy atom. The van der Waals surface area contributed by atoms with Gasteiger partial charge in [0.25, 0.3) is 0 Å². The fourth-order valence-corrected chi connectivity index (χ4v) is 10.2. The molecule has 0 heterocycles. The maximum Gasteiger partial charge on any atom is 0.307 e. The van der Waals surface area contributed by atoms with Crippen LogP contribution in [0.25, 0.3) is 0 Å². The van der Waals surface area contributed by atoms with Gasteiger partial charge < -0.3 is 20.1 Å². The lowest BCUT2D eigenvalue weighted by molar-refractivity contribution is -0.240. The van der Waals surface area contributed by atoms with E-state index >= 15 is 0 Å². The summed E-state index contributed by atoms with van der Waals surface area (Å²) in [5.41, 5.74) is -5.53. The van der Waals surface area contributed by atoms with Crippen LogP contribution in [0.1, 0.15) is 98.8 Å². The maximum absolute atomic E-state index is 14.9. The first-order chi connectivity index (χ1) is 26.3. The molecule has 11 heteroatoms. The minimum atomic E-state index is -3.12. The summed E-state index contributed by atoms with van der Waals surface area (Å²) in [4.78, 5) is 98.4. The van der Waals surface area contributed by atoms with Crippen LogP contribution in [-0.4, -0.2) is 67.7 Å². The van der Waals surface area contributed by atoms with E-state index in [1.807, 2.05) is 36.4 Å². The molecule has 3 aliphatic rings. The second kappa shape index (κ2) is 14.7. The third-order valence-corrected chi connectivity index (χ3v) is 13.1. The molecule has 3 aromatic carbocycles. The van der Waals surface area contributed by atoms with E-state index in [4.69, 9.17) is 4.74 Å². The summed E-state index contributed by atoms with van der Waals surface area (Å²) in [5, 5.41) is 36.4. The van der Waals surface area contributed by atoms with Crippen LogP contribution < -0.4 is 0 Å². The Hall–Kier alpha value is -5.13. The van der Waals surface area contributed by atoms with E-state index in [1.54, 1.807) is 45.0 Å². The third kappa shape index (κ3) is 5.98. The lowest BCUT2D eigenvalue weighted by atomic mass is 9.37. The Morgan fingerprint density at radius 2 is 1.45 bits per heavy atom. The number of Topliss-reactive ketones (excluding diaryl/α,β-unsaturated/α-hetero) is 6. The van der Waals surface area contributed by atoms with Crippen molar-refractivity contribution in [2.24, 2.45) is 34.5 Å². The highest BCUT2D eigenvalue weighted by molar-refractivity contribution is 6.33. The molecular formula is C45H48O11. The van der Waals surface area contributed by atoms with Crippen LogP contribution in [0.5, 0.6) is 5.75 Å². The lowest BCUT2D eigenvalue weighted by Crippen LogP contribution is -2.82. The van der Waals surface area contributed by atoms with E-state index in [-0.39, 0.29) is 35.5 Å². The molecule has 0 aliphatic heterocycles. The highest BCUT2D eigenvalue weighted by atomic mass is 16.5. The van der Waals surface area contributed by atoms with E-state index in [2.05, 4.69) is 0 Å². The molecule has 11 nitrogen and oxygen atoms in total. The SMILES string of the molecule is CC(=O)C1C(=O)C(C(C)C)[C@@]2(C)[C@H](O)[C@]3(C)C(C(=O)c4c(O)ccc(C(CC(=O)OCc5ccccc5)C(=O)CCc5ccccc5)c4[C@H]3C)C(=O)[C@@]2(O)C1=O. The minimum Gasteiger partial charge on any atom is -0.507 e. The number of aryl methyl sites for hydroxylation is 1. The van der Waals surface area contributed by atoms with Gasteiger partial charge in [0.05, 0.1) is 29.9 Å². The van der Waals surface area contributed by atoms with Gasteiger partial charge in [0.15, 0.2) is 28.7 Å². The number of esters is 1. The van der Waals surface area contributed by atoms with Gasteiger partial charge in [-0.15, -0.1) is 0 Å². The van der Waals surface area contributed by atoms with Crippen molar-refractivity contribution < 1.29 is 53.6 Å². The number of carbonyl (C=O) groups excluding carboxylic acids is 7. The van der Waals surface area contributed by atoms with Gasteiger partial charge >= 0.3 is 5.97 Å². The quantitative estimate of drug-likeness (QED) is 0.175. The Morgan fingerprint density at radius 3 is 2.02 bits per heavy atom. The van der Waals surface area contributed by atoms with E-state index in [0.29, 0.717) is 6.42 Å². The summed E-state index contributed by atoms with van der Waals surface area (Å²) < 4.78 is 5.60. The fraction of sp³-hybridized carbons (Fsp3) is 0.444. The van der Waals surface area contributed by atoms with E-state index in [1.165, 1.54) is 26.0 Å². The molecule has 56 heavy (non-hydrogen) atoms. The number of ketones is 6. The molecule has 3 N–H and O–H groups in total. The molecule has 0 spiro atoms. The van der Waals surface area contributed by atoms with Crippen molar-refractivity contribution in [1.82, 2.24) is 0 Å². The largest absolute Gasteiger partial charge is 0.507 e. The van der Waals surface area contributed by atoms with E-state index in [0.717, 1.165) is 18.1 Å². The molecule has 0 bridgehead atoms. The Kier molecular flexibility index (Phi) is 10.7. The Bertz CT molecular complexity index is 2120. The molecule has 294 valence electrons. The Labute approximate surface area is 325 Å². The maximum atomic E-state index is 14.9. The van der Waals surface area contributed by atoms with Crippen LogP contribution in [0.4, 0.5) is 0 Å². The van der Waals surface area contributed by atoms with Gasteiger partial charge in [-0.2, -0.15) is 0 Å². The summed E-state index contributed by atoms with van der Waals surface area (Å²) in [6.45, 7) is 8.56. The number of phenols is 1. The van der Waals surface area contributed by atoms with Crippen molar-refractivity contribution in [2.45, 2.75) is 91.0 Å². The minimum absolute atomic E-state index is 0.00232. The number of ether oxygens (including phenoxy) is 1. The zero-order chi connectivity index (χ0) is 41.1. The van der Waals surface area contributed by atoms with Crippen molar-refractivity contribution in [2.75, 3.05) is 0 Å². The number of benzene rings is 3. The molecule has 0 radical (unpaired) electrons. The smallest absolute Gasteiger partial charge is 0.307 e. The van der Waals surface area contributed by atoms with Crippen molar-refractivity contribution >= 4 is 40.7 Å². The van der Waals surface area contributed by atoms with Crippen LogP contribution in [-0.2, 0) is 46.5 Å². The molecule has 0 aromatic heterocycles. The van der Waals surface area contributed by atoms with E-state index in [9.17, 15) is 48.9 Å². The predicted molar refractivity (Wildman–Crippen MR) is 202 cm³/mol. The van der Waals surface area contributed by atoms with Crippen LogP contribution in [0.15, 0.2) is 72.8 Å². The van der Waals surface area contributed by atoms with Gasteiger partial charge in [-0.05, 0) is 53.5 Å². The highest BCUT2D eigenvalue weighted by Gasteiger charge is 2.80. The number of aliphatic hydroxyl groups excluding tert-OH is 1. The molecular weight excluding hydrogens is 716 g/mol. The van der Waals surface area contributed by atoms with E-state index < -0.39 is 105 Å². The number of hydrogen-bond acceptors (Lipinski definition) is 11.